The van der Waals surface area contributed by atoms with Crippen molar-refractivity contribution < 1.29 is 19.5 Å². The van der Waals surface area contributed by atoms with E-state index >= 15 is 0 Å². The van der Waals surface area contributed by atoms with Crippen molar-refractivity contribution >= 4 is 5.69 Å². The molecule has 2 fully saturated rings. The van der Waals surface area contributed by atoms with Gasteiger partial charge in [-0.2, -0.15) is 0 Å². The molecule has 1 aromatic carbocycles. The third-order valence-electron chi connectivity index (χ3n) is 6.87. The summed E-state index contributed by atoms with van der Waals surface area (Å²) in [5.41, 5.74) is -0.161. The fourth-order valence-corrected chi connectivity index (χ4v) is 5.46. The number of rotatable bonds is 4. The van der Waals surface area contributed by atoms with Crippen LogP contribution in [0.2, 0.25) is 0 Å². The number of non-ortho nitro benzene ring substituents is 1. The van der Waals surface area contributed by atoms with Crippen LogP contribution in [-0.2, 0) is 4.74 Å². The topological polar surface area (TPSA) is 85.1 Å². The zero-order chi connectivity index (χ0) is 20.2. The first-order valence-corrected chi connectivity index (χ1v) is 10.3. The van der Waals surface area contributed by atoms with Crippen LogP contribution in [0.1, 0.15) is 31.4 Å². The number of nitrogens with zero attached hydrogens (tertiary/aromatic N) is 2. The quantitative estimate of drug-likeness (QED) is 0.476. The molecule has 29 heavy (non-hydrogen) atoms. The average molecular weight is 398 g/mol. The molecule has 1 saturated heterocycles. The molecule has 7 heteroatoms. The summed E-state index contributed by atoms with van der Waals surface area (Å²) in [6.45, 7) is 4.52. The molecule has 2 aliphatic heterocycles. The number of morpholine rings is 1. The van der Waals surface area contributed by atoms with Crippen molar-refractivity contribution in [3.05, 3.63) is 57.9 Å². The molecule has 7 nitrogen and oxygen atoms in total. The van der Waals surface area contributed by atoms with Crippen LogP contribution in [0, 0.1) is 27.9 Å². The summed E-state index contributed by atoms with van der Waals surface area (Å²) < 4.78 is 11.7. The summed E-state index contributed by atoms with van der Waals surface area (Å²) in [5, 5.41) is 22.7. The van der Waals surface area contributed by atoms with Gasteiger partial charge >= 0.3 is 0 Å². The highest BCUT2D eigenvalue weighted by molar-refractivity contribution is 5.52. The molecule has 2 heterocycles. The number of hydrogen-bond acceptors (Lipinski definition) is 6. The molecule has 0 radical (unpaired) electrons. The van der Waals surface area contributed by atoms with Crippen LogP contribution in [0.4, 0.5) is 5.69 Å². The van der Waals surface area contributed by atoms with E-state index in [1.165, 1.54) is 6.07 Å². The highest BCUT2D eigenvalue weighted by Crippen LogP contribution is 2.50. The molecular formula is C22H26N2O5. The van der Waals surface area contributed by atoms with Crippen molar-refractivity contribution in [2.75, 3.05) is 26.3 Å². The van der Waals surface area contributed by atoms with Crippen molar-refractivity contribution in [3.8, 4) is 5.75 Å². The highest BCUT2D eigenvalue weighted by atomic mass is 16.6. The maximum absolute atomic E-state index is 11.4. The minimum atomic E-state index is -1.00. The van der Waals surface area contributed by atoms with Gasteiger partial charge in [-0.05, 0) is 49.7 Å². The average Bonchev–Trinajstić information content (AvgIpc) is 3.41. The van der Waals surface area contributed by atoms with Gasteiger partial charge in [0.25, 0.3) is 5.69 Å². The molecule has 5 rings (SSSR count). The first kappa shape index (κ1) is 18.8. The molecule has 4 aliphatic rings. The zero-order valence-electron chi connectivity index (χ0n) is 16.5. The Balaban J connectivity index is 1.51. The van der Waals surface area contributed by atoms with Crippen molar-refractivity contribution in [1.29, 1.82) is 0 Å². The van der Waals surface area contributed by atoms with Crippen molar-refractivity contribution in [2.24, 2.45) is 17.8 Å². The molecule has 0 amide bonds. The van der Waals surface area contributed by atoms with Gasteiger partial charge in [-0.1, -0.05) is 12.2 Å². The lowest BCUT2D eigenvalue weighted by atomic mass is 9.79. The Bertz CT molecular complexity index is 887. The SMILES string of the molecule is C[C@](O)(/C=C1/Oc2ccc([N+](=O)[O-])cc2[C@H]1N1CCOCC1)[C@@H]1C[C@H]2C=C[C@H]1C2. The van der Waals surface area contributed by atoms with Crippen LogP contribution < -0.4 is 4.74 Å². The number of nitro benzene ring substituents is 1. The zero-order valence-corrected chi connectivity index (χ0v) is 16.5. The number of benzene rings is 1. The molecule has 2 bridgehead atoms. The highest BCUT2D eigenvalue weighted by Gasteiger charge is 2.46. The van der Waals surface area contributed by atoms with E-state index in [-0.39, 0.29) is 22.6 Å². The van der Waals surface area contributed by atoms with Gasteiger partial charge in [-0.25, -0.2) is 0 Å². The number of allylic oxidation sites excluding steroid dienone is 2. The van der Waals surface area contributed by atoms with Gasteiger partial charge in [0.15, 0.2) is 0 Å². The summed E-state index contributed by atoms with van der Waals surface area (Å²) in [5.74, 6) is 2.42. The first-order chi connectivity index (χ1) is 13.9. The Morgan fingerprint density at radius 1 is 1.28 bits per heavy atom. The largest absolute Gasteiger partial charge is 0.460 e. The van der Waals surface area contributed by atoms with E-state index in [1.54, 1.807) is 12.1 Å². The van der Waals surface area contributed by atoms with E-state index in [9.17, 15) is 15.2 Å². The summed E-state index contributed by atoms with van der Waals surface area (Å²) in [4.78, 5) is 13.2. The molecule has 5 atom stereocenters. The molecule has 0 spiro atoms. The summed E-state index contributed by atoms with van der Waals surface area (Å²) >= 11 is 0. The van der Waals surface area contributed by atoms with Gasteiger partial charge in [0, 0.05) is 30.8 Å². The van der Waals surface area contributed by atoms with Gasteiger partial charge in [0.1, 0.15) is 11.5 Å². The molecule has 1 aromatic rings. The fraction of sp³-hybridized carbons (Fsp3) is 0.545. The second-order valence-corrected chi connectivity index (χ2v) is 8.79. The Hall–Kier alpha value is -2.22. The Morgan fingerprint density at radius 3 is 2.72 bits per heavy atom. The third-order valence-corrected chi connectivity index (χ3v) is 6.87. The monoisotopic (exact) mass is 398 g/mol. The number of nitro groups is 1. The minimum Gasteiger partial charge on any atom is -0.460 e. The van der Waals surface area contributed by atoms with Crippen LogP contribution in [0.15, 0.2) is 42.2 Å². The molecule has 2 aliphatic carbocycles. The molecule has 0 aromatic heterocycles. The lowest BCUT2D eigenvalue weighted by molar-refractivity contribution is -0.384. The maximum atomic E-state index is 11.4. The Kier molecular flexibility index (Phi) is 4.49. The lowest BCUT2D eigenvalue weighted by Gasteiger charge is -2.35. The van der Waals surface area contributed by atoms with Crippen molar-refractivity contribution in [1.82, 2.24) is 4.90 Å². The standard InChI is InChI=1S/C22H26N2O5/c1-22(25,18-11-14-2-3-15(18)10-14)13-20-21(23-6-8-28-9-7-23)17-12-16(24(26)27)4-5-19(17)29-20/h2-5,12-15,18,21,25H,6-11H2,1H3/b20-13+/t14-,15-,18+,21+,22-/m0/s1. The maximum Gasteiger partial charge on any atom is 0.270 e. The van der Waals surface area contributed by atoms with Crippen LogP contribution in [0.5, 0.6) is 5.75 Å². The van der Waals surface area contributed by atoms with Gasteiger partial charge in [0.2, 0.25) is 0 Å². The van der Waals surface area contributed by atoms with Gasteiger partial charge in [0.05, 0.1) is 29.8 Å². The van der Waals surface area contributed by atoms with Crippen molar-refractivity contribution in [2.45, 2.75) is 31.4 Å². The van der Waals surface area contributed by atoms with Crippen LogP contribution >= 0.6 is 0 Å². The summed E-state index contributed by atoms with van der Waals surface area (Å²) in [7, 11) is 0. The smallest absolute Gasteiger partial charge is 0.270 e. The molecule has 0 unspecified atom stereocenters. The van der Waals surface area contributed by atoms with Crippen LogP contribution in [-0.4, -0.2) is 46.8 Å². The van der Waals surface area contributed by atoms with E-state index < -0.39 is 5.60 Å². The Morgan fingerprint density at radius 2 is 2.07 bits per heavy atom. The fourth-order valence-electron chi connectivity index (χ4n) is 5.46. The molecule has 154 valence electrons. The lowest BCUT2D eigenvalue weighted by Crippen LogP contribution is -2.40. The Labute approximate surface area is 169 Å². The molecule has 1 saturated carbocycles. The number of ether oxygens (including phenoxy) is 2. The van der Waals surface area contributed by atoms with Crippen molar-refractivity contribution in [3.63, 3.8) is 0 Å². The number of aliphatic hydroxyl groups is 1. The van der Waals surface area contributed by atoms with E-state index in [0.29, 0.717) is 49.6 Å². The van der Waals surface area contributed by atoms with Crippen LogP contribution in [0.3, 0.4) is 0 Å². The van der Waals surface area contributed by atoms with E-state index in [1.807, 2.05) is 13.0 Å². The molecule has 1 N–H and O–H groups in total. The molecular weight excluding hydrogens is 372 g/mol. The van der Waals surface area contributed by atoms with E-state index in [2.05, 4.69) is 17.1 Å². The van der Waals surface area contributed by atoms with Gasteiger partial charge in [-0.15, -0.1) is 0 Å². The van der Waals surface area contributed by atoms with E-state index in [4.69, 9.17) is 9.47 Å². The summed E-state index contributed by atoms with van der Waals surface area (Å²) in [6, 6.07) is 4.49. The number of hydrogen-bond donors (Lipinski definition) is 1. The second kappa shape index (κ2) is 6.93. The number of fused-ring (bicyclic) bond motifs is 3. The van der Waals surface area contributed by atoms with Gasteiger partial charge in [-0.3, -0.25) is 15.0 Å². The first-order valence-electron chi connectivity index (χ1n) is 10.3. The minimum absolute atomic E-state index is 0.0526. The second-order valence-electron chi connectivity index (χ2n) is 8.79. The predicted octanol–water partition coefficient (Wildman–Crippen LogP) is 3.21. The van der Waals surface area contributed by atoms with Gasteiger partial charge < -0.3 is 14.6 Å². The van der Waals surface area contributed by atoms with E-state index in [0.717, 1.165) is 18.4 Å². The summed E-state index contributed by atoms with van der Waals surface area (Å²) in [6.07, 6.45) is 8.46. The third kappa shape index (κ3) is 3.27. The predicted molar refractivity (Wildman–Crippen MR) is 106 cm³/mol. The normalized spacial score (nSPS) is 34.2. The van der Waals surface area contributed by atoms with Crippen LogP contribution in [0.25, 0.3) is 0 Å².